The van der Waals surface area contributed by atoms with E-state index in [-0.39, 0.29) is 11.1 Å². The first-order valence-corrected chi connectivity index (χ1v) is 6.61. The molecule has 0 saturated heterocycles. The van der Waals surface area contributed by atoms with Crippen molar-refractivity contribution in [3.05, 3.63) is 68.1 Å². The summed E-state index contributed by atoms with van der Waals surface area (Å²) in [6, 6.07) is 10.1. The summed E-state index contributed by atoms with van der Waals surface area (Å²) in [7, 11) is 0. The third-order valence-corrected chi connectivity index (χ3v) is 3.64. The summed E-state index contributed by atoms with van der Waals surface area (Å²) in [5, 5.41) is 9.11. The maximum atomic E-state index is 12.4. The largest absolute Gasteiger partial charge is 0.307 e. The molecular formula is C17H18N2O. The summed E-state index contributed by atoms with van der Waals surface area (Å²) < 4.78 is 1.67. The molecule has 0 aliphatic carbocycles. The Hall–Kier alpha value is -2.34. The van der Waals surface area contributed by atoms with E-state index in [1.165, 1.54) is 5.56 Å². The molecule has 0 radical (unpaired) electrons. The molecule has 2 aromatic rings. The smallest absolute Gasteiger partial charge is 0.269 e. The van der Waals surface area contributed by atoms with Gasteiger partial charge >= 0.3 is 0 Å². The van der Waals surface area contributed by atoms with Crippen LogP contribution >= 0.6 is 0 Å². The van der Waals surface area contributed by atoms with Gasteiger partial charge in [-0.25, -0.2) is 0 Å². The maximum absolute atomic E-state index is 12.4. The van der Waals surface area contributed by atoms with Crippen LogP contribution in [0.1, 0.15) is 33.5 Å². The second-order valence-corrected chi connectivity index (χ2v) is 5.28. The van der Waals surface area contributed by atoms with Crippen LogP contribution in [0.15, 0.2) is 29.1 Å². The molecule has 0 fully saturated rings. The standard InChI is InChI=1S/C17H18N2O/c1-11-5-6-15(12(2)7-11)10-19-14(4)8-13(3)16(9-18)17(19)20/h5-8H,10H2,1-4H3. The van der Waals surface area contributed by atoms with E-state index in [0.717, 1.165) is 22.4 Å². The molecule has 1 aromatic carbocycles. The first-order valence-electron chi connectivity index (χ1n) is 6.61. The average molecular weight is 266 g/mol. The predicted molar refractivity (Wildman–Crippen MR) is 79.9 cm³/mol. The molecule has 0 N–H and O–H groups in total. The molecule has 102 valence electrons. The molecule has 1 heterocycles. The molecule has 0 unspecified atom stereocenters. The van der Waals surface area contributed by atoms with Crippen LogP contribution in [0.3, 0.4) is 0 Å². The van der Waals surface area contributed by atoms with Crippen molar-refractivity contribution in [1.29, 1.82) is 5.26 Å². The SMILES string of the molecule is Cc1ccc(Cn2c(C)cc(C)c(C#N)c2=O)c(C)c1. The zero-order valence-electron chi connectivity index (χ0n) is 12.3. The number of rotatable bonds is 2. The van der Waals surface area contributed by atoms with Gasteiger partial charge in [0.25, 0.3) is 5.56 Å². The van der Waals surface area contributed by atoms with Crippen LogP contribution in [0.25, 0.3) is 0 Å². The van der Waals surface area contributed by atoms with Gasteiger partial charge in [0.15, 0.2) is 0 Å². The van der Waals surface area contributed by atoms with Crippen molar-refractivity contribution in [3.63, 3.8) is 0 Å². The number of pyridine rings is 1. The Morgan fingerprint density at radius 2 is 1.80 bits per heavy atom. The zero-order chi connectivity index (χ0) is 14.9. The van der Waals surface area contributed by atoms with Crippen LogP contribution in [-0.2, 0) is 6.54 Å². The predicted octanol–water partition coefficient (Wildman–Crippen LogP) is 3.00. The van der Waals surface area contributed by atoms with Crippen molar-refractivity contribution in [2.75, 3.05) is 0 Å². The van der Waals surface area contributed by atoms with Crippen LogP contribution in [0.5, 0.6) is 0 Å². The maximum Gasteiger partial charge on any atom is 0.269 e. The van der Waals surface area contributed by atoms with Crippen LogP contribution in [0, 0.1) is 39.0 Å². The number of aryl methyl sites for hydroxylation is 4. The van der Waals surface area contributed by atoms with Crippen molar-refractivity contribution in [1.82, 2.24) is 4.57 Å². The van der Waals surface area contributed by atoms with Crippen molar-refractivity contribution in [2.45, 2.75) is 34.2 Å². The van der Waals surface area contributed by atoms with Gasteiger partial charge in [-0.1, -0.05) is 23.8 Å². The molecule has 0 aliphatic rings. The minimum Gasteiger partial charge on any atom is -0.307 e. The molecule has 0 bridgehead atoms. The molecule has 0 amide bonds. The van der Waals surface area contributed by atoms with E-state index in [9.17, 15) is 4.79 Å². The van der Waals surface area contributed by atoms with E-state index < -0.39 is 0 Å². The van der Waals surface area contributed by atoms with E-state index in [0.29, 0.717) is 6.54 Å². The summed E-state index contributed by atoms with van der Waals surface area (Å²) in [6.07, 6.45) is 0. The van der Waals surface area contributed by atoms with Crippen LogP contribution < -0.4 is 5.56 Å². The second kappa shape index (κ2) is 5.34. The molecule has 1 aromatic heterocycles. The van der Waals surface area contributed by atoms with Gasteiger partial charge < -0.3 is 4.57 Å². The average Bonchev–Trinajstić information content (AvgIpc) is 2.37. The molecule has 0 atom stereocenters. The summed E-state index contributed by atoms with van der Waals surface area (Å²) in [4.78, 5) is 12.4. The molecule has 3 nitrogen and oxygen atoms in total. The third-order valence-electron chi connectivity index (χ3n) is 3.64. The van der Waals surface area contributed by atoms with Crippen LogP contribution in [0.4, 0.5) is 0 Å². The lowest BCUT2D eigenvalue weighted by atomic mass is 10.0. The topological polar surface area (TPSA) is 45.8 Å². The Morgan fingerprint density at radius 3 is 2.40 bits per heavy atom. The quantitative estimate of drug-likeness (QED) is 0.838. The second-order valence-electron chi connectivity index (χ2n) is 5.28. The van der Waals surface area contributed by atoms with Crippen LogP contribution in [0.2, 0.25) is 0 Å². The minimum absolute atomic E-state index is 0.204. The summed E-state index contributed by atoms with van der Waals surface area (Å²) in [5.74, 6) is 0. The van der Waals surface area contributed by atoms with E-state index in [2.05, 4.69) is 6.07 Å². The highest BCUT2D eigenvalue weighted by Gasteiger charge is 2.11. The van der Waals surface area contributed by atoms with Gasteiger partial charge in [0.05, 0.1) is 6.54 Å². The van der Waals surface area contributed by atoms with E-state index in [1.54, 1.807) is 11.5 Å². The van der Waals surface area contributed by atoms with Crippen molar-refractivity contribution in [2.24, 2.45) is 0 Å². The Balaban J connectivity index is 2.55. The first-order chi connectivity index (χ1) is 9.43. The molecule has 3 heteroatoms. The van der Waals surface area contributed by atoms with Gasteiger partial charge in [-0.15, -0.1) is 0 Å². The number of hydrogen-bond acceptors (Lipinski definition) is 2. The lowest BCUT2D eigenvalue weighted by molar-refractivity contribution is 0.721. The highest BCUT2D eigenvalue weighted by Crippen LogP contribution is 2.13. The number of nitrogens with zero attached hydrogens (tertiary/aromatic N) is 2. The lowest BCUT2D eigenvalue weighted by Crippen LogP contribution is -2.26. The molecule has 0 saturated carbocycles. The fourth-order valence-corrected chi connectivity index (χ4v) is 2.45. The Kier molecular flexibility index (Phi) is 3.76. The molecular weight excluding hydrogens is 248 g/mol. The van der Waals surface area contributed by atoms with Crippen molar-refractivity contribution >= 4 is 0 Å². The Labute approximate surface area is 119 Å². The van der Waals surface area contributed by atoms with E-state index in [4.69, 9.17) is 5.26 Å². The van der Waals surface area contributed by atoms with Crippen molar-refractivity contribution < 1.29 is 0 Å². The number of aromatic nitrogens is 1. The van der Waals surface area contributed by atoms with E-state index in [1.807, 2.05) is 45.0 Å². The molecule has 0 aliphatic heterocycles. The summed E-state index contributed by atoms with van der Waals surface area (Å²) in [6.45, 7) is 8.30. The fraction of sp³-hybridized carbons (Fsp3) is 0.294. The van der Waals surface area contributed by atoms with Gasteiger partial charge in [0.2, 0.25) is 0 Å². The summed E-state index contributed by atoms with van der Waals surface area (Å²) >= 11 is 0. The minimum atomic E-state index is -0.204. The number of hydrogen-bond donors (Lipinski definition) is 0. The summed E-state index contributed by atoms with van der Waals surface area (Å²) in [5.41, 5.74) is 5.13. The molecule has 2 rings (SSSR count). The highest BCUT2D eigenvalue weighted by molar-refractivity contribution is 5.37. The van der Waals surface area contributed by atoms with Gasteiger partial charge in [0, 0.05) is 5.69 Å². The fourth-order valence-electron chi connectivity index (χ4n) is 2.45. The van der Waals surface area contributed by atoms with Gasteiger partial charge in [0.1, 0.15) is 11.6 Å². The Bertz CT molecular complexity index is 764. The Morgan fingerprint density at radius 1 is 1.10 bits per heavy atom. The van der Waals surface area contributed by atoms with Crippen molar-refractivity contribution in [3.8, 4) is 6.07 Å². The molecule has 0 spiro atoms. The first kappa shape index (κ1) is 14.1. The lowest BCUT2D eigenvalue weighted by Gasteiger charge is -2.14. The third kappa shape index (κ3) is 2.50. The highest BCUT2D eigenvalue weighted by atomic mass is 16.1. The number of benzene rings is 1. The monoisotopic (exact) mass is 266 g/mol. The van der Waals surface area contributed by atoms with Gasteiger partial charge in [-0.3, -0.25) is 4.79 Å². The van der Waals surface area contributed by atoms with Gasteiger partial charge in [-0.05, 0) is 50.5 Å². The molecule has 20 heavy (non-hydrogen) atoms. The van der Waals surface area contributed by atoms with Crippen LogP contribution in [-0.4, -0.2) is 4.57 Å². The van der Waals surface area contributed by atoms with E-state index >= 15 is 0 Å². The zero-order valence-corrected chi connectivity index (χ0v) is 12.3. The normalized spacial score (nSPS) is 10.3. The number of nitriles is 1. The van der Waals surface area contributed by atoms with Gasteiger partial charge in [-0.2, -0.15) is 5.26 Å².